The van der Waals surface area contributed by atoms with E-state index in [1.165, 1.54) is 0 Å². The van der Waals surface area contributed by atoms with Gasteiger partial charge in [0.15, 0.2) is 0 Å². The Bertz CT molecular complexity index is 341. The molecule has 0 aromatic heterocycles. The number of rotatable bonds is 3. The molecule has 0 spiro atoms. The van der Waals surface area contributed by atoms with Gasteiger partial charge in [-0.25, -0.2) is 0 Å². The Morgan fingerprint density at radius 3 is 3.20 bits per heavy atom. The highest BCUT2D eigenvalue weighted by molar-refractivity contribution is 5.62. The van der Waals surface area contributed by atoms with E-state index in [1.807, 2.05) is 12.1 Å². The normalized spacial score (nSPS) is 14.7. The molecule has 0 radical (unpaired) electrons. The van der Waals surface area contributed by atoms with Crippen molar-refractivity contribution in [3.05, 3.63) is 23.8 Å². The van der Waals surface area contributed by atoms with Crippen LogP contribution in [0.2, 0.25) is 0 Å². The highest BCUT2D eigenvalue weighted by Crippen LogP contribution is 2.33. The van der Waals surface area contributed by atoms with Crippen LogP contribution in [0.15, 0.2) is 18.2 Å². The number of nitrogens with one attached hydrogen (secondary N) is 1. The maximum absolute atomic E-state index is 5.68. The van der Waals surface area contributed by atoms with Gasteiger partial charge in [-0.15, -0.1) is 0 Å². The van der Waals surface area contributed by atoms with Crippen LogP contribution in [-0.4, -0.2) is 27.3 Å². The van der Waals surface area contributed by atoms with Gasteiger partial charge in [-0.1, -0.05) is 12.1 Å². The summed E-state index contributed by atoms with van der Waals surface area (Å²) in [6.07, 6.45) is 0. The van der Waals surface area contributed by atoms with Crippen LogP contribution in [0, 0.1) is 0 Å². The molecule has 0 amide bonds. The molecular formula is C11H16N2O2. The van der Waals surface area contributed by atoms with Crippen LogP contribution in [-0.2, 0) is 11.4 Å². The zero-order valence-corrected chi connectivity index (χ0v) is 9.12. The summed E-state index contributed by atoms with van der Waals surface area (Å²) in [4.78, 5) is 7.05. The molecule has 0 fully saturated rings. The topological polar surface area (TPSA) is 33.7 Å². The van der Waals surface area contributed by atoms with E-state index < -0.39 is 0 Å². The standard InChI is InChI=1S/C11H16N2O2/c1-13-6-7-15-11-9(8-12-14-2)4-3-5-10(11)13/h3-5,12H,6-8H2,1-2H3. The van der Waals surface area contributed by atoms with Gasteiger partial charge >= 0.3 is 0 Å². The molecule has 1 heterocycles. The number of anilines is 1. The molecule has 82 valence electrons. The molecule has 1 N–H and O–H groups in total. The Hall–Kier alpha value is -1.26. The van der Waals surface area contributed by atoms with E-state index >= 15 is 0 Å². The minimum atomic E-state index is 0.660. The Morgan fingerprint density at radius 2 is 2.40 bits per heavy atom. The van der Waals surface area contributed by atoms with Crippen LogP contribution in [0.4, 0.5) is 5.69 Å². The van der Waals surface area contributed by atoms with E-state index in [-0.39, 0.29) is 0 Å². The van der Waals surface area contributed by atoms with Gasteiger partial charge < -0.3 is 14.5 Å². The van der Waals surface area contributed by atoms with Crippen molar-refractivity contribution >= 4 is 5.69 Å². The molecule has 2 rings (SSSR count). The third-order valence-corrected chi connectivity index (χ3v) is 2.57. The molecule has 0 atom stereocenters. The fourth-order valence-corrected chi connectivity index (χ4v) is 1.73. The summed E-state index contributed by atoms with van der Waals surface area (Å²) in [5.41, 5.74) is 5.11. The SMILES string of the molecule is CONCc1cccc2c1OCCN2C. The summed E-state index contributed by atoms with van der Waals surface area (Å²) in [7, 11) is 3.69. The van der Waals surface area contributed by atoms with E-state index in [0.717, 1.165) is 30.2 Å². The van der Waals surface area contributed by atoms with Crippen molar-refractivity contribution in [2.24, 2.45) is 0 Å². The quantitative estimate of drug-likeness (QED) is 0.756. The number of likely N-dealkylation sites (N-methyl/N-ethyl adjacent to an activating group) is 1. The third-order valence-electron chi connectivity index (χ3n) is 2.57. The first kappa shape index (κ1) is 10.3. The monoisotopic (exact) mass is 208 g/mol. The fraction of sp³-hybridized carbons (Fsp3) is 0.455. The lowest BCUT2D eigenvalue weighted by molar-refractivity contribution is 0.0859. The number of hydrogen-bond acceptors (Lipinski definition) is 4. The zero-order valence-electron chi connectivity index (χ0n) is 9.12. The van der Waals surface area contributed by atoms with Gasteiger partial charge in [-0.3, -0.25) is 0 Å². The van der Waals surface area contributed by atoms with E-state index in [0.29, 0.717) is 6.54 Å². The zero-order chi connectivity index (χ0) is 10.7. The van der Waals surface area contributed by atoms with Crippen LogP contribution in [0.25, 0.3) is 0 Å². The van der Waals surface area contributed by atoms with E-state index in [9.17, 15) is 0 Å². The summed E-state index contributed by atoms with van der Waals surface area (Å²) in [6, 6.07) is 6.16. The smallest absolute Gasteiger partial charge is 0.147 e. The first-order chi connectivity index (χ1) is 7.33. The Kier molecular flexibility index (Phi) is 3.08. The maximum Gasteiger partial charge on any atom is 0.147 e. The lowest BCUT2D eigenvalue weighted by Gasteiger charge is -2.29. The molecular weight excluding hydrogens is 192 g/mol. The predicted octanol–water partition coefficient (Wildman–Crippen LogP) is 1.17. The minimum absolute atomic E-state index is 0.660. The van der Waals surface area contributed by atoms with Gasteiger partial charge in [0.2, 0.25) is 0 Å². The van der Waals surface area contributed by atoms with Crippen molar-refractivity contribution in [1.29, 1.82) is 0 Å². The molecule has 0 bridgehead atoms. The summed E-state index contributed by atoms with van der Waals surface area (Å²) in [5.74, 6) is 0.968. The van der Waals surface area contributed by atoms with Crippen molar-refractivity contribution in [3.8, 4) is 5.75 Å². The van der Waals surface area contributed by atoms with Crippen molar-refractivity contribution < 1.29 is 9.57 Å². The predicted molar refractivity (Wildman–Crippen MR) is 59.1 cm³/mol. The lowest BCUT2D eigenvalue weighted by Crippen LogP contribution is -2.29. The second-order valence-electron chi connectivity index (χ2n) is 3.56. The van der Waals surface area contributed by atoms with E-state index in [4.69, 9.17) is 9.57 Å². The summed E-state index contributed by atoms with van der Waals surface area (Å²) >= 11 is 0. The number of nitrogens with zero attached hydrogens (tertiary/aromatic N) is 1. The van der Waals surface area contributed by atoms with E-state index in [2.05, 4.69) is 23.5 Å². The summed E-state index contributed by atoms with van der Waals surface area (Å²) in [5, 5.41) is 0. The van der Waals surface area contributed by atoms with Crippen molar-refractivity contribution in [1.82, 2.24) is 5.48 Å². The maximum atomic E-state index is 5.68. The van der Waals surface area contributed by atoms with Crippen molar-refractivity contribution in [2.75, 3.05) is 32.2 Å². The fourth-order valence-electron chi connectivity index (χ4n) is 1.73. The second kappa shape index (κ2) is 4.51. The summed E-state index contributed by atoms with van der Waals surface area (Å²) < 4.78 is 5.68. The number of fused-ring (bicyclic) bond motifs is 1. The molecule has 4 nitrogen and oxygen atoms in total. The van der Waals surface area contributed by atoms with Gasteiger partial charge in [-0.05, 0) is 6.07 Å². The van der Waals surface area contributed by atoms with Crippen LogP contribution >= 0.6 is 0 Å². The van der Waals surface area contributed by atoms with Crippen LogP contribution < -0.4 is 15.1 Å². The molecule has 0 saturated heterocycles. The molecule has 1 aliphatic heterocycles. The Morgan fingerprint density at radius 1 is 1.53 bits per heavy atom. The van der Waals surface area contributed by atoms with Crippen LogP contribution in [0.3, 0.4) is 0 Å². The average Bonchev–Trinajstić information content (AvgIpc) is 2.27. The minimum Gasteiger partial charge on any atom is -0.489 e. The molecule has 15 heavy (non-hydrogen) atoms. The van der Waals surface area contributed by atoms with E-state index in [1.54, 1.807) is 7.11 Å². The van der Waals surface area contributed by atoms with Crippen LogP contribution in [0.1, 0.15) is 5.56 Å². The van der Waals surface area contributed by atoms with Gasteiger partial charge in [0.05, 0.1) is 19.3 Å². The number of ether oxygens (including phenoxy) is 1. The first-order valence-corrected chi connectivity index (χ1v) is 5.04. The van der Waals surface area contributed by atoms with Crippen molar-refractivity contribution in [2.45, 2.75) is 6.54 Å². The molecule has 1 aromatic rings. The number of benzene rings is 1. The molecule has 4 heteroatoms. The second-order valence-corrected chi connectivity index (χ2v) is 3.56. The Labute approximate surface area is 89.7 Å². The average molecular weight is 208 g/mol. The highest BCUT2D eigenvalue weighted by atomic mass is 16.6. The molecule has 0 unspecified atom stereocenters. The molecule has 0 saturated carbocycles. The number of hydroxylamine groups is 1. The van der Waals surface area contributed by atoms with Gasteiger partial charge in [0.25, 0.3) is 0 Å². The summed E-state index contributed by atoms with van der Waals surface area (Å²) in [6.45, 7) is 2.34. The van der Waals surface area contributed by atoms with Gasteiger partial charge in [0, 0.05) is 19.2 Å². The van der Waals surface area contributed by atoms with Gasteiger partial charge in [0.1, 0.15) is 12.4 Å². The molecule has 1 aromatic carbocycles. The number of para-hydroxylation sites is 1. The van der Waals surface area contributed by atoms with Crippen LogP contribution in [0.5, 0.6) is 5.75 Å². The van der Waals surface area contributed by atoms with Gasteiger partial charge in [-0.2, -0.15) is 5.48 Å². The Balaban J connectivity index is 2.27. The van der Waals surface area contributed by atoms with Crippen molar-refractivity contribution in [3.63, 3.8) is 0 Å². The highest BCUT2D eigenvalue weighted by Gasteiger charge is 2.17. The molecule has 1 aliphatic rings. The largest absolute Gasteiger partial charge is 0.489 e. The number of hydrogen-bond donors (Lipinski definition) is 1. The first-order valence-electron chi connectivity index (χ1n) is 5.04. The third kappa shape index (κ3) is 2.06. The lowest BCUT2D eigenvalue weighted by atomic mass is 10.1. The molecule has 0 aliphatic carbocycles.